The van der Waals surface area contributed by atoms with Crippen molar-refractivity contribution in [2.75, 3.05) is 12.0 Å². The highest BCUT2D eigenvalue weighted by Gasteiger charge is 2.28. The van der Waals surface area contributed by atoms with Crippen LogP contribution in [0.2, 0.25) is 0 Å². The van der Waals surface area contributed by atoms with Gasteiger partial charge in [-0.25, -0.2) is 9.69 Å². The number of carbonyl (C=O) groups is 2. The number of amides is 1. The predicted molar refractivity (Wildman–Crippen MR) is 133 cm³/mol. The molecule has 0 fully saturated rings. The molecule has 0 aromatic heterocycles. The molecule has 0 unspecified atom stereocenters. The van der Waals surface area contributed by atoms with Gasteiger partial charge in [0.25, 0.3) is 0 Å². The van der Waals surface area contributed by atoms with E-state index in [9.17, 15) is 9.59 Å². The maximum atomic E-state index is 13.2. The van der Waals surface area contributed by atoms with Gasteiger partial charge in [0.2, 0.25) is 5.78 Å². The molecule has 4 aromatic carbocycles. The molecule has 0 saturated carbocycles. The first-order chi connectivity index (χ1) is 17.1. The van der Waals surface area contributed by atoms with Crippen molar-refractivity contribution in [3.05, 3.63) is 120 Å². The molecule has 4 aromatic rings. The summed E-state index contributed by atoms with van der Waals surface area (Å²) >= 11 is 0. The molecule has 0 atom stereocenters. The predicted octanol–water partition coefficient (Wildman–Crippen LogP) is 6.65. The van der Waals surface area contributed by atoms with E-state index in [1.807, 2.05) is 84.9 Å². The molecule has 1 heterocycles. The van der Waals surface area contributed by atoms with Crippen LogP contribution in [-0.4, -0.2) is 19.0 Å². The Morgan fingerprint density at radius 1 is 0.800 bits per heavy atom. The number of methoxy groups -OCH3 is 1. The Hall–Kier alpha value is -4.84. The van der Waals surface area contributed by atoms with E-state index in [1.165, 1.54) is 4.90 Å². The topological polar surface area (TPSA) is 65.1 Å². The van der Waals surface area contributed by atoms with Crippen molar-refractivity contribution in [2.24, 2.45) is 0 Å². The fourth-order valence-corrected chi connectivity index (χ4v) is 3.74. The average Bonchev–Trinajstić information content (AvgIpc) is 3.20. The fraction of sp³-hybridized carbons (Fsp3) is 0.0345. The number of Topliss-reactive ketones (excluding diaryl/α,β-unsaturated/α-hetero) is 1. The zero-order chi connectivity index (χ0) is 24.2. The van der Waals surface area contributed by atoms with Gasteiger partial charge in [-0.2, -0.15) is 0 Å². The lowest BCUT2D eigenvalue weighted by molar-refractivity contribution is 0.101. The van der Waals surface area contributed by atoms with Crippen LogP contribution in [0.4, 0.5) is 16.2 Å². The van der Waals surface area contributed by atoms with E-state index >= 15 is 0 Å². The smallest absolute Gasteiger partial charge is 0.424 e. The molecule has 1 aliphatic rings. The highest BCUT2D eigenvalue weighted by Crippen LogP contribution is 2.36. The largest absolute Gasteiger partial charge is 0.497 e. The van der Waals surface area contributed by atoms with Gasteiger partial charge >= 0.3 is 6.09 Å². The third kappa shape index (κ3) is 4.63. The molecule has 0 aliphatic carbocycles. The van der Waals surface area contributed by atoms with Crippen LogP contribution in [0.3, 0.4) is 0 Å². The highest BCUT2D eigenvalue weighted by molar-refractivity contribution is 6.14. The molecule has 6 heteroatoms. The van der Waals surface area contributed by atoms with Crippen molar-refractivity contribution >= 4 is 29.3 Å². The van der Waals surface area contributed by atoms with Crippen molar-refractivity contribution in [2.45, 2.75) is 0 Å². The van der Waals surface area contributed by atoms with E-state index in [1.54, 1.807) is 31.4 Å². The minimum atomic E-state index is -0.583. The number of hydrogen-bond donors (Lipinski definition) is 0. The summed E-state index contributed by atoms with van der Waals surface area (Å²) in [5, 5.41) is 0. The first kappa shape index (κ1) is 22.0. The molecule has 172 valence electrons. The van der Waals surface area contributed by atoms with E-state index in [0.29, 0.717) is 22.7 Å². The quantitative estimate of drug-likeness (QED) is 0.310. The summed E-state index contributed by atoms with van der Waals surface area (Å²) < 4.78 is 16.7. The van der Waals surface area contributed by atoms with Gasteiger partial charge in [0.15, 0.2) is 5.76 Å². The fourth-order valence-electron chi connectivity index (χ4n) is 3.74. The van der Waals surface area contributed by atoms with Crippen LogP contribution in [0.1, 0.15) is 15.9 Å². The highest BCUT2D eigenvalue weighted by atomic mass is 16.6. The summed E-state index contributed by atoms with van der Waals surface area (Å²) in [6.45, 7) is 0. The van der Waals surface area contributed by atoms with E-state index in [2.05, 4.69) is 0 Å². The van der Waals surface area contributed by atoms with Crippen LogP contribution in [0.15, 0.2) is 109 Å². The SMILES string of the molecule is COc1ccc(/C=C2\Oc3cc(OC(=O)N(c4ccccc4)c4ccccc4)ccc3C2=O)cc1. The van der Waals surface area contributed by atoms with Gasteiger partial charge in [-0.05, 0) is 60.2 Å². The third-order valence-corrected chi connectivity index (χ3v) is 5.47. The Kier molecular flexibility index (Phi) is 6.01. The number of allylic oxidation sites excluding steroid dienone is 1. The first-order valence-electron chi connectivity index (χ1n) is 11.0. The number of anilines is 2. The van der Waals surface area contributed by atoms with Gasteiger partial charge in [-0.3, -0.25) is 4.79 Å². The molecule has 5 rings (SSSR count). The van der Waals surface area contributed by atoms with Crippen molar-refractivity contribution in [1.29, 1.82) is 0 Å². The zero-order valence-electron chi connectivity index (χ0n) is 18.9. The summed E-state index contributed by atoms with van der Waals surface area (Å²) in [5.41, 5.74) is 2.55. The number of carbonyl (C=O) groups excluding carboxylic acids is 2. The second-order valence-electron chi connectivity index (χ2n) is 7.75. The number of para-hydroxylation sites is 2. The van der Waals surface area contributed by atoms with E-state index < -0.39 is 6.09 Å². The van der Waals surface area contributed by atoms with Gasteiger partial charge in [0.05, 0.1) is 24.0 Å². The number of ether oxygens (including phenoxy) is 3. The first-order valence-corrected chi connectivity index (χ1v) is 11.0. The van der Waals surface area contributed by atoms with Crippen molar-refractivity contribution in [1.82, 2.24) is 0 Å². The van der Waals surface area contributed by atoms with E-state index in [0.717, 1.165) is 11.3 Å². The Labute approximate surface area is 202 Å². The normalized spacial score (nSPS) is 13.2. The summed E-state index contributed by atoms with van der Waals surface area (Å²) in [5.74, 6) is 1.29. The molecule has 6 nitrogen and oxygen atoms in total. The number of rotatable bonds is 5. The lowest BCUT2D eigenvalue weighted by atomic mass is 10.1. The second-order valence-corrected chi connectivity index (χ2v) is 7.75. The van der Waals surface area contributed by atoms with Gasteiger partial charge in [-0.1, -0.05) is 48.5 Å². The van der Waals surface area contributed by atoms with Gasteiger partial charge in [0.1, 0.15) is 17.2 Å². The Bertz CT molecular complexity index is 1360. The third-order valence-electron chi connectivity index (χ3n) is 5.47. The van der Waals surface area contributed by atoms with Crippen LogP contribution in [0.25, 0.3) is 6.08 Å². The van der Waals surface area contributed by atoms with E-state index in [4.69, 9.17) is 14.2 Å². The molecular weight excluding hydrogens is 442 g/mol. The number of nitrogens with zero attached hydrogens (tertiary/aromatic N) is 1. The summed E-state index contributed by atoms with van der Waals surface area (Å²) in [4.78, 5) is 27.5. The standard InChI is InChI=1S/C29H21NO5/c1-33-23-14-12-20(13-15-23)18-27-28(31)25-17-16-24(19-26(25)35-27)34-29(32)30(21-8-4-2-5-9-21)22-10-6-3-7-11-22/h2-19H,1H3/b27-18-. The average molecular weight is 463 g/mol. The van der Waals surface area contributed by atoms with Crippen LogP contribution in [0.5, 0.6) is 17.2 Å². The molecule has 0 N–H and O–H groups in total. The second kappa shape index (κ2) is 9.57. The Morgan fingerprint density at radius 2 is 1.40 bits per heavy atom. The van der Waals surface area contributed by atoms with Crippen molar-refractivity contribution in [3.8, 4) is 17.2 Å². The van der Waals surface area contributed by atoms with Crippen molar-refractivity contribution in [3.63, 3.8) is 0 Å². The van der Waals surface area contributed by atoms with Crippen LogP contribution in [-0.2, 0) is 0 Å². The minimum absolute atomic E-state index is 0.198. The summed E-state index contributed by atoms with van der Waals surface area (Å²) in [7, 11) is 1.59. The Balaban J connectivity index is 1.38. The minimum Gasteiger partial charge on any atom is -0.497 e. The van der Waals surface area contributed by atoms with Crippen molar-refractivity contribution < 1.29 is 23.8 Å². The molecule has 0 bridgehead atoms. The lowest BCUT2D eigenvalue weighted by Gasteiger charge is -2.22. The van der Waals surface area contributed by atoms with Gasteiger partial charge < -0.3 is 14.2 Å². The van der Waals surface area contributed by atoms with Gasteiger partial charge in [-0.15, -0.1) is 0 Å². The van der Waals surface area contributed by atoms with Crippen LogP contribution in [0, 0.1) is 0 Å². The molecule has 1 amide bonds. The van der Waals surface area contributed by atoms with Gasteiger partial charge in [0, 0.05) is 6.07 Å². The number of hydrogen-bond acceptors (Lipinski definition) is 5. The van der Waals surface area contributed by atoms with Crippen LogP contribution < -0.4 is 19.1 Å². The van der Waals surface area contributed by atoms with Crippen LogP contribution >= 0.6 is 0 Å². The van der Waals surface area contributed by atoms with E-state index in [-0.39, 0.29) is 17.3 Å². The molecule has 35 heavy (non-hydrogen) atoms. The number of fused-ring (bicyclic) bond motifs is 1. The monoisotopic (exact) mass is 463 g/mol. The maximum absolute atomic E-state index is 13.2. The summed E-state index contributed by atoms with van der Waals surface area (Å²) in [6, 6.07) is 30.5. The molecular formula is C29H21NO5. The Morgan fingerprint density at radius 3 is 2.00 bits per heavy atom. The molecule has 0 spiro atoms. The zero-order valence-corrected chi connectivity index (χ0v) is 18.9. The maximum Gasteiger partial charge on any atom is 0.424 e. The molecule has 0 radical (unpaired) electrons. The molecule has 1 aliphatic heterocycles. The number of ketones is 1. The number of benzene rings is 4. The summed E-state index contributed by atoms with van der Waals surface area (Å²) in [6.07, 6.45) is 1.08. The lowest BCUT2D eigenvalue weighted by Crippen LogP contribution is -2.29. The molecule has 0 saturated heterocycles.